The summed E-state index contributed by atoms with van der Waals surface area (Å²) in [6, 6.07) is 58.8. The minimum Gasteiger partial charge on any atom is -0.452 e. The van der Waals surface area contributed by atoms with Gasteiger partial charge in [0.15, 0.2) is 11.4 Å². The zero-order valence-electron chi connectivity index (χ0n) is 29.2. The van der Waals surface area contributed by atoms with Crippen molar-refractivity contribution in [1.29, 1.82) is 0 Å². The molecule has 0 aliphatic heterocycles. The van der Waals surface area contributed by atoms with Crippen molar-refractivity contribution in [3.63, 3.8) is 0 Å². The first-order valence-corrected chi connectivity index (χ1v) is 19.4. The van der Waals surface area contributed by atoms with Crippen LogP contribution in [-0.2, 0) is 0 Å². The Morgan fingerprint density at radius 2 is 1.16 bits per heavy atom. The van der Waals surface area contributed by atoms with Crippen LogP contribution < -0.4 is 0 Å². The molecule has 4 aromatic heterocycles. The molecule has 0 aliphatic carbocycles. The molecule has 0 fully saturated rings. The molecule has 13 rings (SSSR count). The summed E-state index contributed by atoms with van der Waals surface area (Å²) >= 11 is 1.81. The first-order chi connectivity index (χ1) is 27.3. The number of fused-ring (bicyclic) bond motifs is 11. The van der Waals surface area contributed by atoms with Crippen molar-refractivity contribution >= 4 is 108 Å². The zero-order valence-corrected chi connectivity index (χ0v) is 30.1. The van der Waals surface area contributed by atoms with E-state index in [1.807, 2.05) is 29.5 Å². The summed E-state index contributed by atoms with van der Waals surface area (Å²) in [5, 5.41) is 13.7. The number of rotatable bonds is 3. The van der Waals surface area contributed by atoms with Crippen molar-refractivity contribution < 1.29 is 4.42 Å². The average Bonchev–Trinajstić information content (AvgIpc) is 3.92. The van der Waals surface area contributed by atoms with Gasteiger partial charge in [-0.3, -0.25) is 0 Å². The quantitative estimate of drug-likeness (QED) is 0.171. The Hall–Kier alpha value is -7.08. The molecule has 0 spiro atoms. The van der Waals surface area contributed by atoms with Crippen LogP contribution in [0.5, 0.6) is 0 Å². The van der Waals surface area contributed by atoms with Gasteiger partial charge in [-0.15, -0.1) is 11.3 Å². The van der Waals surface area contributed by atoms with E-state index in [1.54, 1.807) is 0 Å². The summed E-state index contributed by atoms with van der Waals surface area (Å²) in [5.74, 6) is 0.670. The molecular weight excluding hydrogens is 691 g/mol. The molecule has 0 aliphatic rings. The average molecular weight is 718 g/mol. The second-order valence-electron chi connectivity index (χ2n) is 14.4. The standard InChI is InChI=1S/C50H27N3OS/c1-2-12-31-29(11-1)27-39-46-44(31)33-14-4-3-13-32(33)34-17-9-19-38(45(34)46)53(39)30-25-23-28(24-26-30)50-51-47-35-15-5-7-20-40(35)54-49(47)48(52-50)37-18-10-22-42-43(37)36-16-6-8-21-41(36)55-42/h1-27H. The SMILES string of the molecule is c1ccc2c(c1)cc1c3c2c2ccccc2c2cccc(c23)n1-c1ccc(-c2nc(-c3cccc4sc5ccccc5c34)c3oc4ccccc4c3n2)cc1. The molecule has 13 aromatic rings. The van der Waals surface area contributed by atoms with Crippen molar-refractivity contribution in [2.75, 3.05) is 0 Å². The highest BCUT2D eigenvalue weighted by molar-refractivity contribution is 7.25. The van der Waals surface area contributed by atoms with Crippen molar-refractivity contribution in [2.24, 2.45) is 0 Å². The molecule has 0 amide bonds. The zero-order chi connectivity index (χ0) is 35.8. The van der Waals surface area contributed by atoms with Gasteiger partial charge in [0.2, 0.25) is 0 Å². The Kier molecular flexibility index (Phi) is 5.74. The van der Waals surface area contributed by atoms with E-state index in [0.717, 1.165) is 39.0 Å². The van der Waals surface area contributed by atoms with Gasteiger partial charge in [0.05, 0.1) is 11.0 Å². The van der Waals surface area contributed by atoms with Gasteiger partial charge in [-0.2, -0.15) is 0 Å². The second kappa shape index (κ2) is 10.8. The van der Waals surface area contributed by atoms with E-state index in [2.05, 4.69) is 150 Å². The van der Waals surface area contributed by atoms with Gasteiger partial charge in [-0.1, -0.05) is 103 Å². The van der Waals surface area contributed by atoms with Gasteiger partial charge in [0.25, 0.3) is 0 Å². The number of furan rings is 1. The van der Waals surface area contributed by atoms with E-state index in [-0.39, 0.29) is 0 Å². The minimum atomic E-state index is 0.670. The van der Waals surface area contributed by atoms with Crippen LogP contribution in [0.1, 0.15) is 0 Å². The number of hydrogen-bond donors (Lipinski definition) is 0. The summed E-state index contributed by atoms with van der Waals surface area (Å²) in [7, 11) is 0. The molecule has 0 saturated carbocycles. The molecular formula is C50H27N3OS. The molecule has 5 heteroatoms. The van der Waals surface area contributed by atoms with Crippen molar-refractivity contribution in [1.82, 2.24) is 14.5 Å². The van der Waals surface area contributed by atoms with E-state index in [4.69, 9.17) is 14.4 Å². The fourth-order valence-electron chi connectivity index (χ4n) is 9.23. The van der Waals surface area contributed by atoms with Crippen LogP contribution in [0.4, 0.5) is 0 Å². The first-order valence-electron chi connectivity index (χ1n) is 18.6. The molecule has 0 bridgehead atoms. The van der Waals surface area contributed by atoms with Crippen LogP contribution in [0.25, 0.3) is 125 Å². The molecule has 0 unspecified atom stereocenters. The van der Waals surface area contributed by atoms with Gasteiger partial charge in [0.1, 0.15) is 16.8 Å². The summed E-state index contributed by atoms with van der Waals surface area (Å²) in [6.07, 6.45) is 0. The molecule has 0 saturated heterocycles. The number of thiophene rings is 1. The Bertz CT molecular complexity index is 3710. The molecule has 0 atom stereocenters. The van der Waals surface area contributed by atoms with E-state index in [1.165, 1.54) is 74.3 Å². The number of nitrogens with zero attached hydrogens (tertiary/aromatic N) is 3. The maximum atomic E-state index is 6.57. The highest BCUT2D eigenvalue weighted by Crippen LogP contribution is 2.47. The van der Waals surface area contributed by atoms with Crippen LogP contribution in [0, 0.1) is 0 Å². The lowest BCUT2D eigenvalue weighted by Gasteiger charge is -2.12. The Balaban J connectivity index is 1.06. The lowest BCUT2D eigenvalue weighted by atomic mass is 9.91. The normalized spacial score (nSPS) is 12.4. The molecule has 254 valence electrons. The van der Waals surface area contributed by atoms with Crippen molar-refractivity contribution in [2.45, 2.75) is 0 Å². The predicted molar refractivity (Wildman–Crippen MR) is 231 cm³/mol. The minimum absolute atomic E-state index is 0.670. The maximum absolute atomic E-state index is 6.57. The highest BCUT2D eigenvalue weighted by atomic mass is 32.1. The van der Waals surface area contributed by atoms with Gasteiger partial charge in [0, 0.05) is 58.5 Å². The topological polar surface area (TPSA) is 43.9 Å². The van der Waals surface area contributed by atoms with Crippen LogP contribution >= 0.6 is 11.3 Å². The third kappa shape index (κ3) is 3.94. The highest BCUT2D eigenvalue weighted by Gasteiger charge is 2.23. The number of para-hydroxylation sites is 1. The fourth-order valence-corrected chi connectivity index (χ4v) is 10.4. The Morgan fingerprint density at radius 3 is 2.05 bits per heavy atom. The molecule has 55 heavy (non-hydrogen) atoms. The number of hydrogen-bond acceptors (Lipinski definition) is 4. The third-order valence-corrected chi connectivity index (χ3v) is 12.7. The van der Waals surface area contributed by atoms with Crippen molar-refractivity contribution in [3.8, 4) is 28.3 Å². The predicted octanol–water partition coefficient (Wildman–Crippen LogP) is 14.1. The van der Waals surface area contributed by atoms with Crippen molar-refractivity contribution in [3.05, 3.63) is 164 Å². The summed E-state index contributed by atoms with van der Waals surface area (Å²) in [5.41, 5.74) is 8.65. The first kappa shape index (κ1) is 29.4. The summed E-state index contributed by atoms with van der Waals surface area (Å²) in [6.45, 7) is 0. The number of benzene rings is 9. The smallest absolute Gasteiger partial charge is 0.180 e. The van der Waals surface area contributed by atoms with Crippen LogP contribution in [0.15, 0.2) is 168 Å². The largest absolute Gasteiger partial charge is 0.452 e. The van der Waals surface area contributed by atoms with E-state index in [0.29, 0.717) is 11.4 Å². The van der Waals surface area contributed by atoms with E-state index < -0.39 is 0 Å². The monoisotopic (exact) mass is 717 g/mol. The summed E-state index contributed by atoms with van der Waals surface area (Å²) < 4.78 is 11.5. The maximum Gasteiger partial charge on any atom is 0.180 e. The lowest BCUT2D eigenvalue weighted by molar-refractivity contribution is 0.667. The van der Waals surface area contributed by atoms with Gasteiger partial charge >= 0.3 is 0 Å². The Labute approximate surface area is 317 Å². The second-order valence-corrected chi connectivity index (χ2v) is 15.5. The lowest BCUT2D eigenvalue weighted by Crippen LogP contribution is -1.96. The van der Waals surface area contributed by atoms with Crippen LogP contribution in [-0.4, -0.2) is 14.5 Å². The van der Waals surface area contributed by atoms with E-state index in [9.17, 15) is 0 Å². The Morgan fingerprint density at radius 1 is 0.473 bits per heavy atom. The molecule has 9 aromatic carbocycles. The molecule has 0 radical (unpaired) electrons. The van der Waals surface area contributed by atoms with Crippen LogP contribution in [0.2, 0.25) is 0 Å². The third-order valence-electron chi connectivity index (χ3n) is 11.6. The van der Waals surface area contributed by atoms with Gasteiger partial charge in [-0.05, 0) is 87.6 Å². The van der Waals surface area contributed by atoms with Crippen LogP contribution in [0.3, 0.4) is 0 Å². The summed E-state index contributed by atoms with van der Waals surface area (Å²) in [4.78, 5) is 10.6. The van der Waals surface area contributed by atoms with Gasteiger partial charge in [-0.25, -0.2) is 9.97 Å². The van der Waals surface area contributed by atoms with E-state index >= 15 is 0 Å². The number of aromatic nitrogens is 3. The fraction of sp³-hybridized carbons (Fsp3) is 0. The molecule has 4 nitrogen and oxygen atoms in total. The molecule has 0 N–H and O–H groups in total. The molecule has 4 heterocycles. The van der Waals surface area contributed by atoms with Gasteiger partial charge < -0.3 is 8.98 Å².